The lowest BCUT2D eigenvalue weighted by molar-refractivity contribution is -0.134. The predicted molar refractivity (Wildman–Crippen MR) is 81.4 cm³/mol. The maximum atomic E-state index is 13.9. The Morgan fingerprint density at radius 3 is 2.78 bits per heavy atom. The summed E-state index contributed by atoms with van der Waals surface area (Å²) in [6.07, 6.45) is 8.84. The van der Waals surface area contributed by atoms with Gasteiger partial charge in [-0.1, -0.05) is 12.8 Å². The Kier molecular flexibility index (Phi) is 4.69. The van der Waals surface area contributed by atoms with Gasteiger partial charge in [-0.2, -0.15) is 0 Å². The van der Waals surface area contributed by atoms with Gasteiger partial charge in [-0.15, -0.1) is 0 Å². The molecule has 0 saturated heterocycles. The molecule has 6 heteroatoms. The second kappa shape index (κ2) is 6.89. The Bertz CT molecular complexity index is 666. The van der Waals surface area contributed by atoms with E-state index in [-0.39, 0.29) is 30.6 Å². The average Bonchev–Trinajstić information content (AvgIpc) is 3.21. The molecule has 4 nitrogen and oxygen atoms in total. The van der Waals surface area contributed by atoms with E-state index in [9.17, 15) is 13.6 Å². The van der Waals surface area contributed by atoms with Gasteiger partial charge < -0.3 is 9.47 Å². The van der Waals surface area contributed by atoms with Gasteiger partial charge in [-0.05, 0) is 31.0 Å². The Balaban J connectivity index is 1.80. The molecule has 1 aromatic heterocycles. The Morgan fingerprint density at radius 2 is 2.09 bits per heavy atom. The van der Waals surface area contributed by atoms with Crippen molar-refractivity contribution in [2.45, 2.75) is 44.8 Å². The van der Waals surface area contributed by atoms with E-state index < -0.39 is 11.6 Å². The first-order chi connectivity index (χ1) is 11.1. The number of benzene rings is 1. The monoisotopic (exact) mass is 319 g/mol. The molecule has 1 aliphatic rings. The van der Waals surface area contributed by atoms with E-state index in [4.69, 9.17) is 0 Å². The number of carbonyl (C=O) groups is 1. The number of rotatable bonds is 5. The van der Waals surface area contributed by atoms with Crippen LogP contribution < -0.4 is 0 Å². The van der Waals surface area contributed by atoms with E-state index in [1.165, 1.54) is 6.07 Å². The van der Waals surface area contributed by atoms with Crippen molar-refractivity contribution in [2.75, 3.05) is 0 Å². The van der Waals surface area contributed by atoms with Crippen LogP contribution in [-0.4, -0.2) is 26.4 Å². The van der Waals surface area contributed by atoms with Crippen LogP contribution in [0.4, 0.5) is 8.78 Å². The van der Waals surface area contributed by atoms with Gasteiger partial charge in [0.1, 0.15) is 18.2 Å². The Morgan fingerprint density at radius 1 is 1.30 bits per heavy atom. The Labute approximate surface area is 133 Å². The first kappa shape index (κ1) is 15.6. The lowest BCUT2D eigenvalue weighted by Gasteiger charge is -2.29. The zero-order valence-corrected chi connectivity index (χ0v) is 12.8. The summed E-state index contributed by atoms with van der Waals surface area (Å²) in [6.45, 7) is 0.259. The first-order valence-corrected chi connectivity index (χ1v) is 7.82. The van der Waals surface area contributed by atoms with Gasteiger partial charge in [0.05, 0.1) is 6.33 Å². The van der Waals surface area contributed by atoms with Gasteiger partial charge in [0.15, 0.2) is 0 Å². The van der Waals surface area contributed by atoms with Gasteiger partial charge in [0.25, 0.3) is 0 Å². The summed E-state index contributed by atoms with van der Waals surface area (Å²) >= 11 is 0. The molecule has 23 heavy (non-hydrogen) atoms. The van der Waals surface area contributed by atoms with Gasteiger partial charge in [-0.3, -0.25) is 4.79 Å². The molecule has 1 fully saturated rings. The second-order valence-electron chi connectivity index (χ2n) is 5.93. The average molecular weight is 319 g/mol. The van der Waals surface area contributed by atoms with Crippen molar-refractivity contribution in [1.29, 1.82) is 0 Å². The molecular formula is C17H19F2N3O. The number of amides is 1. The molecule has 0 N–H and O–H groups in total. The van der Waals surface area contributed by atoms with Gasteiger partial charge in [0, 0.05) is 30.5 Å². The Hall–Kier alpha value is -2.24. The number of carbonyl (C=O) groups excluding carboxylic acids is 1. The third-order valence-corrected chi connectivity index (χ3v) is 4.31. The fourth-order valence-electron chi connectivity index (χ4n) is 3.11. The molecule has 0 unspecified atom stereocenters. The second-order valence-corrected chi connectivity index (χ2v) is 5.93. The van der Waals surface area contributed by atoms with Gasteiger partial charge >= 0.3 is 0 Å². The largest absolute Gasteiger partial charge is 0.334 e. The van der Waals surface area contributed by atoms with Crippen LogP contribution in [0.2, 0.25) is 0 Å². The first-order valence-electron chi connectivity index (χ1n) is 7.82. The number of hydrogen-bond donors (Lipinski definition) is 0. The number of halogens is 2. The molecule has 1 amide bonds. The molecule has 1 saturated carbocycles. The fourth-order valence-corrected chi connectivity index (χ4v) is 3.11. The van der Waals surface area contributed by atoms with Crippen molar-refractivity contribution in [3.05, 3.63) is 54.1 Å². The molecule has 1 aliphatic carbocycles. The van der Waals surface area contributed by atoms with Crippen molar-refractivity contribution in [2.24, 2.45) is 0 Å². The summed E-state index contributed by atoms with van der Waals surface area (Å²) in [4.78, 5) is 18.3. The van der Waals surface area contributed by atoms with Crippen LogP contribution in [0.1, 0.15) is 31.2 Å². The maximum absolute atomic E-state index is 13.9. The highest BCUT2D eigenvalue weighted by molar-refractivity contribution is 5.76. The molecule has 1 heterocycles. The molecule has 2 aromatic rings. The molecule has 1 aromatic carbocycles. The summed E-state index contributed by atoms with van der Waals surface area (Å²) in [5, 5.41) is 0. The van der Waals surface area contributed by atoms with Crippen LogP contribution in [0.3, 0.4) is 0 Å². The van der Waals surface area contributed by atoms with Crippen molar-refractivity contribution < 1.29 is 13.6 Å². The molecule has 0 aliphatic heterocycles. The topological polar surface area (TPSA) is 38.1 Å². The summed E-state index contributed by atoms with van der Waals surface area (Å²) in [5.41, 5.74) is 0.218. The van der Waals surface area contributed by atoms with E-state index in [0.717, 1.165) is 37.8 Å². The minimum absolute atomic E-state index is 0.0914. The SMILES string of the molecule is O=C(Cn1ccnc1)N(Cc1cc(F)ccc1F)C1CCCC1. The zero-order chi connectivity index (χ0) is 16.2. The molecule has 122 valence electrons. The minimum atomic E-state index is -0.491. The van der Waals surface area contributed by atoms with Gasteiger partial charge in [-0.25, -0.2) is 13.8 Å². The molecule has 0 spiro atoms. The van der Waals surface area contributed by atoms with Gasteiger partial charge in [0.2, 0.25) is 5.91 Å². The highest BCUT2D eigenvalue weighted by atomic mass is 19.1. The summed E-state index contributed by atoms with van der Waals surface area (Å²) < 4.78 is 29.0. The standard InChI is InChI=1S/C17H19F2N3O/c18-14-5-6-16(19)13(9-14)10-22(15-3-1-2-4-15)17(23)11-21-8-7-20-12-21/h5-9,12,15H,1-4,10-11H2. The molecular weight excluding hydrogens is 300 g/mol. The molecule has 3 rings (SSSR count). The normalized spacial score (nSPS) is 15.0. The van der Waals surface area contributed by atoms with E-state index in [1.807, 2.05) is 0 Å². The smallest absolute Gasteiger partial charge is 0.243 e. The quantitative estimate of drug-likeness (QED) is 0.849. The van der Waals surface area contributed by atoms with E-state index in [2.05, 4.69) is 4.98 Å². The van der Waals surface area contributed by atoms with Crippen molar-refractivity contribution >= 4 is 5.91 Å². The molecule has 0 radical (unpaired) electrons. The third-order valence-electron chi connectivity index (χ3n) is 4.31. The number of hydrogen-bond acceptors (Lipinski definition) is 2. The van der Waals surface area contributed by atoms with Crippen LogP contribution in [-0.2, 0) is 17.9 Å². The minimum Gasteiger partial charge on any atom is -0.334 e. The van der Waals surface area contributed by atoms with Crippen molar-refractivity contribution in [3.8, 4) is 0 Å². The number of aromatic nitrogens is 2. The summed E-state index contributed by atoms with van der Waals surface area (Å²) in [6, 6.07) is 3.46. The predicted octanol–water partition coefficient (Wildman–Crippen LogP) is 3.13. The fraction of sp³-hybridized carbons (Fsp3) is 0.412. The molecule has 0 bridgehead atoms. The highest BCUT2D eigenvalue weighted by Crippen LogP contribution is 2.26. The van der Waals surface area contributed by atoms with Crippen LogP contribution >= 0.6 is 0 Å². The van der Waals surface area contributed by atoms with Crippen LogP contribution in [0.5, 0.6) is 0 Å². The third kappa shape index (κ3) is 3.75. The van der Waals surface area contributed by atoms with E-state index in [1.54, 1.807) is 28.2 Å². The van der Waals surface area contributed by atoms with Crippen LogP contribution in [0, 0.1) is 11.6 Å². The molecule has 0 atom stereocenters. The maximum Gasteiger partial charge on any atom is 0.243 e. The summed E-state index contributed by atoms with van der Waals surface area (Å²) in [7, 11) is 0. The van der Waals surface area contributed by atoms with E-state index >= 15 is 0 Å². The lowest BCUT2D eigenvalue weighted by Crippen LogP contribution is -2.40. The number of nitrogens with zero attached hydrogens (tertiary/aromatic N) is 3. The zero-order valence-electron chi connectivity index (χ0n) is 12.8. The van der Waals surface area contributed by atoms with Crippen molar-refractivity contribution in [1.82, 2.24) is 14.5 Å². The lowest BCUT2D eigenvalue weighted by atomic mass is 10.1. The van der Waals surface area contributed by atoms with Crippen molar-refractivity contribution in [3.63, 3.8) is 0 Å². The number of imidazole rings is 1. The van der Waals surface area contributed by atoms with Crippen LogP contribution in [0.15, 0.2) is 36.9 Å². The van der Waals surface area contributed by atoms with Crippen LogP contribution in [0.25, 0.3) is 0 Å². The highest BCUT2D eigenvalue weighted by Gasteiger charge is 2.27. The summed E-state index contributed by atoms with van der Waals surface area (Å²) in [5.74, 6) is -1.07. The van der Waals surface area contributed by atoms with E-state index in [0.29, 0.717) is 0 Å².